The van der Waals surface area contributed by atoms with E-state index in [1.165, 1.54) is 11.1 Å². The SMILES string of the molecule is CN[C@@H]1CCOC[C@@H]1Cc1ccccc1C. The molecule has 88 valence electrons. The molecule has 2 rings (SSSR count). The van der Waals surface area contributed by atoms with Gasteiger partial charge < -0.3 is 10.1 Å². The van der Waals surface area contributed by atoms with Crippen molar-refractivity contribution in [1.82, 2.24) is 5.32 Å². The number of hydrogen-bond donors (Lipinski definition) is 1. The Bertz CT molecular complexity index is 337. The third-order valence-electron chi connectivity index (χ3n) is 3.59. The van der Waals surface area contributed by atoms with Crippen molar-refractivity contribution < 1.29 is 4.74 Å². The number of hydrogen-bond acceptors (Lipinski definition) is 2. The van der Waals surface area contributed by atoms with Crippen LogP contribution in [0, 0.1) is 12.8 Å². The highest BCUT2D eigenvalue weighted by molar-refractivity contribution is 5.26. The van der Waals surface area contributed by atoms with Crippen molar-refractivity contribution in [2.45, 2.75) is 25.8 Å². The number of nitrogens with one attached hydrogen (secondary N) is 1. The van der Waals surface area contributed by atoms with Crippen molar-refractivity contribution in [3.05, 3.63) is 35.4 Å². The lowest BCUT2D eigenvalue weighted by Crippen LogP contribution is -2.42. The molecule has 2 heteroatoms. The van der Waals surface area contributed by atoms with Crippen molar-refractivity contribution in [2.75, 3.05) is 20.3 Å². The van der Waals surface area contributed by atoms with Crippen LogP contribution in [-0.2, 0) is 11.2 Å². The molecule has 0 aromatic heterocycles. The average molecular weight is 219 g/mol. The summed E-state index contributed by atoms with van der Waals surface area (Å²) in [6, 6.07) is 9.25. The quantitative estimate of drug-likeness (QED) is 0.841. The summed E-state index contributed by atoms with van der Waals surface area (Å²) in [4.78, 5) is 0. The zero-order chi connectivity index (χ0) is 11.4. The Hall–Kier alpha value is -0.860. The summed E-state index contributed by atoms with van der Waals surface area (Å²) in [6.07, 6.45) is 2.26. The minimum atomic E-state index is 0.605. The first-order valence-electron chi connectivity index (χ1n) is 6.11. The van der Waals surface area contributed by atoms with E-state index in [0.717, 1.165) is 26.1 Å². The molecule has 0 bridgehead atoms. The van der Waals surface area contributed by atoms with Gasteiger partial charge in [0.25, 0.3) is 0 Å². The minimum absolute atomic E-state index is 0.605. The molecular formula is C14H21NO. The normalized spacial score (nSPS) is 25.6. The molecular weight excluding hydrogens is 198 g/mol. The molecule has 0 spiro atoms. The molecule has 1 saturated heterocycles. The van der Waals surface area contributed by atoms with Crippen molar-refractivity contribution in [3.8, 4) is 0 Å². The van der Waals surface area contributed by atoms with E-state index < -0.39 is 0 Å². The third-order valence-corrected chi connectivity index (χ3v) is 3.59. The predicted molar refractivity (Wildman–Crippen MR) is 66.7 cm³/mol. The highest BCUT2D eigenvalue weighted by atomic mass is 16.5. The van der Waals surface area contributed by atoms with E-state index in [-0.39, 0.29) is 0 Å². The standard InChI is InChI=1S/C14H21NO/c1-11-5-3-4-6-12(11)9-13-10-16-8-7-14(13)15-2/h3-6,13-15H,7-10H2,1-2H3/t13-,14+/m0/s1. The molecule has 1 aromatic rings. The summed E-state index contributed by atoms with van der Waals surface area (Å²) in [5.41, 5.74) is 2.85. The van der Waals surface area contributed by atoms with Crippen LogP contribution >= 0.6 is 0 Å². The third kappa shape index (κ3) is 2.63. The maximum atomic E-state index is 5.59. The van der Waals surface area contributed by atoms with Crippen LogP contribution in [0.25, 0.3) is 0 Å². The lowest BCUT2D eigenvalue weighted by Gasteiger charge is -2.31. The molecule has 2 nitrogen and oxygen atoms in total. The highest BCUT2D eigenvalue weighted by Gasteiger charge is 2.24. The second-order valence-corrected chi connectivity index (χ2v) is 4.65. The summed E-state index contributed by atoms with van der Waals surface area (Å²) >= 11 is 0. The monoisotopic (exact) mass is 219 g/mol. The molecule has 1 fully saturated rings. The summed E-state index contributed by atoms with van der Waals surface area (Å²) < 4.78 is 5.59. The average Bonchev–Trinajstić information content (AvgIpc) is 2.33. The molecule has 2 atom stereocenters. The van der Waals surface area contributed by atoms with Gasteiger partial charge in [0.2, 0.25) is 0 Å². The van der Waals surface area contributed by atoms with Crippen molar-refractivity contribution >= 4 is 0 Å². The lowest BCUT2D eigenvalue weighted by atomic mass is 9.88. The smallest absolute Gasteiger partial charge is 0.0512 e. The number of rotatable bonds is 3. The molecule has 1 aromatic carbocycles. The van der Waals surface area contributed by atoms with Crippen LogP contribution in [0.3, 0.4) is 0 Å². The number of aryl methyl sites for hydroxylation is 1. The highest BCUT2D eigenvalue weighted by Crippen LogP contribution is 2.21. The molecule has 1 N–H and O–H groups in total. The molecule has 0 radical (unpaired) electrons. The van der Waals surface area contributed by atoms with Gasteiger partial charge in [0.15, 0.2) is 0 Å². The molecule has 1 aliphatic heterocycles. The van der Waals surface area contributed by atoms with Crippen LogP contribution in [0.5, 0.6) is 0 Å². The van der Waals surface area contributed by atoms with E-state index in [2.05, 4.69) is 43.6 Å². The fourth-order valence-electron chi connectivity index (χ4n) is 2.50. The van der Waals surface area contributed by atoms with Crippen LogP contribution in [0.2, 0.25) is 0 Å². The van der Waals surface area contributed by atoms with Gasteiger partial charge in [-0.25, -0.2) is 0 Å². The van der Waals surface area contributed by atoms with Crippen LogP contribution in [0.4, 0.5) is 0 Å². The maximum Gasteiger partial charge on any atom is 0.0512 e. The number of ether oxygens (including phenoxy) is 1. The fraction of sp³-hybridized carbons (Fsp3) is 0.571. The zero-order valence-electron chi connectivity index (χ0n) is 10.2. The summed E-state index contributed by atoms with van der Waals surface area (Å²) in [5.74, 6) is 0.611. The van der Waals surface area contributed by atoms with Crippen molar-refractivity contribution in [1.29, 1.82) is 0 Å². The van der Waals surface area contributed by atoms with Gasteiger partial charge in [-0.05, 0) is 37.9 Å². The van der Waals surface area contributed by atoms with Crippen molar-refractivity contribution in [3.63, 3.8) is 0 Å². The van der Waals surface area contributed by atoms with Crippen LogP contribution in [0.15, 0.2) is 24.3 Å². The predicted octanol–water partition coefficient (Wildman–Crippen LogP) is 2.16. The molecule has 0 aliphatic carbocycles. The van der Waals surface area contributed by atoms with Gasteiger partial charge in [-0.1, -0.05) is 24.3 Å². The van der Waals surface area contributed by atoms with Crippen LogP contribution < -0.4 is 5.32 Å². The Labute approximate surface area is 98.0 Å². The van der Waals surface area contributed by atoms with Gasteiger partial charge in [0.05, 0.1) is 6.61 Å². The van der Waals surface area contributed by atoms with Gasteiger partial charge in [-0.3, -0.25) is 0 Å². The Morgan fingerprint density at radius 2 is 2.19 bits per heavy atom. The van der Waals surface area contributed by atoms with E-state index in [0.29, 0.717) is 12.0 Å². The largest absolute Gasteiger partial charge is 0.381 e. The Morgan fingerprint density at radius 3 is 2.94 bits per heavy atom. The van der Waals surface area contributed by atoms with Gasteiger partial charge in [-0.2, -0.15) is 0 Å². The Kier molecular flexibility index (Phi) is 3.97. The second kappa shape index (κ2) is 5.46. The maximum absolute atomic E-state index is 5.59. The van der Waals surface area contributed by atoms with Crippen LogP contribution in [-0.4, -0.2) is 26.3 Å². The van der Waals surface area contributed by atoms with Gasteiger partial charge in [0, 0.05) is 18.6 Å². The first kappa shape index (κ1) is 11.6. The molecule has 0 saturated carbocycles. The van der Waals surface area contributed by atoms with Crippen molar-refractivity contribution in [2.24, 2.45) is 5.92 Å². The molecule has 1 heterocycles. The molecule has 0 amide bonds. The Morgan fingerprint density at radius 1 is 1.38 bits per heavy atom. The lowest BCUT2D eigenvalue weighted by molar-refractivity contribution is 0.0342. The van der Waals surface area contributed by atoms with E-state index in [4.69, 9.17) is 4.74 Å². The molecule has 16 heavy (non-hydrogen) atoms. The second-order valence-electron chi connectivity index (χ2n) is 4.65. The summed E-state index contributed by atoms with van der Waals surface area (Å²) in [5, 5.41) is 3.41. The van der Waals surface area contributed by atoms with E-state index in [1.54, 1.807) is 0 Å². The van der Waals surface area contributed by atoms with Gasteiger partial charge in [-0.15, -0.1) is 0 Å². The zero-order valence-corrected chi connectivity index (χ0v) is 10.2. The molecule has 0 unspecified atom stereocenters. The summed E-state index contributed by atoms with van der Waals surface area (Å²) in [7, 11) is 2.06. The van der Waals surface area contributed by atoms with Crippen LogP contribution in [0.1, 0.15) is 17.5 Å². The Balaban J connectivity index is 2.05. The first-order valence-corrected chi connectivity index (χ1v) is 6.11. The first-order chi connectivity index (χ1) is 7.81. The van der Waals surface area contributed by atoms with Gasteiger partial charge >= 0.3 is 0 Å². The van der Waals surface area contributed by atoms with E-state index in [1.807, 2.05) is 0 Å². The topological polar surface area (TPSA) is 21.3 Å². The fourth-order valence-corrected chi connectivity index (χ4v) is 2.50. The van der Waals surface area contributed by atoms with E-state index >= 15 is 0 Å². The number of benzene rings is 1. The van der Waals surface area contributed by atoms with Gasteiger partial charge in [0.1, 0.15) is 0 Å². The molecule has 1 aliphatic rings. The van der Waals surface area contributed by atoms with E-state index in [9.17, 15) is 0 Å². The summed E-state index contributed by atoms with van der Waals surface area (Å²) in [6.45, 7) is 3.98. The minimum Gasteiger partial charge on any atom is -0.381 e.